The van der Waals surface area contributed by atoms with Gasteiger partial charge in [-0.05, 0) is 18.2 Å². The molecule has 0 radical (unpaired) electrons. The molecule has 1 aromatic rings. The summed E-state index contributed by atoms with van der Waals surface area (Å²) in [7, 11) is 0. The van der Waals surface area contributed by atoms with E-state index in [2.05, 4.69) is 0 Å². The number of anilines is 1. The van der Waals surface area contributed by atoms with E-state index >= 15 is 0 Å². The van der Waals surface area contributed by atoms with E-state index in [1.807, 2.05) is 6.08 Å². The van der Waals surface area contributed by atoms with Crippen molar-refractivity contribution in [1.29, 1.82) is 0 Å². The lowest BCUT2D eigenvalue weighted by Crippen LogP contribution is -2.56. The van der Waals surface area contributed by atoms with Crippen molar-refractivity contribution in [3.05, 3.63) is 42.0 Å². The smallest absolute Gasteiger partial charge is 0.416 e. The molecule has 0 aromatic heterocycles. The number of hydrogen-bond donors (Lipinski definition) is 0. The molecule has 4 aliphatic heterocycles. The van der Waals surface area contributed by atoms with E-state index in [1.165, 1.54) is 24.0 Å². The lowest BCUT2D eigenvalue weighted by atomic mass is 9.71. The molecule has 9 heteroatoms. The molecule has 0 N–H and O–H groups in total. The lowest BCUT2D eigenvalue weighted by Gasteiger charge is -2.38. The average Bonchev–Trinajstić information content (AvgIpc) is 3.20. The molecular weight excluding hydrogens is 379 g/mol. The lowest BCUT2D eigenvalue weighted by molar-refractivity contribution is -0.151. The maximum Gasteiger partial charge on any atom is 0.416 e. The summed E-state index contributed by atoms with van der Waals surface area (Å²) in [6, 6.07) is 4.62. The molecule has 5 rings (SSSR count). The third-order valence-electron chi connectivity index (χ3n) is 5.81. The molecule has 4 unspecified atom stereocenters. The Kier molecular flexibility index (Phi) is 3.52. The number of carbonyl (C=O) groups excluding carboxylic acids is 2. The van der Waals surface area contributed by atoms with Gasteiger partial charge in [-0.2, -0.15) is 13.2 Å². The summed E-state index contributed by atoms with van der Waals surface area (Å²) in [5.74, 6) is -1.83. The van der Waals surface area contributed by atoms with Crippen molar-refractivity contribution in [2.75, 3.05) is 11.5 Å². The largest absolute Gasteiger partial charge is 0.462 e. The highest BCUT2D eigenvalue weighted by molar-refractivity contribution is 5.99. The van der Waals surface area contributed by atoms with Crippen molar-refractivity contribution >= 4 is 17.6 Å². The van der Waals surface area contributed by atoms with Crippen molar-refractivity contribution in [3.8, 4) is 0 Å². The first-order valence-corrected chi connectivity index (χ1v) is 8.88. The molecule has 6 nitrogen and oxygen atoms in total. The number of epoxide rings is 1. The third-order valence-corrected chi connectivity index (χ3v) is 5.81. The van der Waals surface area contributed by atoms with Gasteiger partial charge in [0.05, 0.1) is 17.6 Å². The monoisotopic (exact) mass is 395 g/mol. The van der Waals surface area contributed by atoms with Crippen LogP contribution in [0, 0.1) is 11.8 Å². The molecule has 0 saturated carbocycles. The zero-order valence-electron chi connectivity index (χ0n) is 14.7. The van der Waals surface area contributed by atoms with Crippen molar-refractivity contribution in [3.63, 3.8) is 0 Å². The van der Waals surface area contributed by atoms with Crippen LogP contribution in [0.3, 0.4) is 0 Å². The normalized spacial score (nSPS) is 37.6. The van der Waals surface area contributed by atoms with E-state index in [1.54, 1.807) is 6.08 Å². The third kappa shape index (κ3) is 2.42. The summed E-state index contributed by atoms with van der Waals surface area (Å²) < 4.78 is 56.1. The number of benzene rings is 1. The highest BCUT2D eigenvalue weighted by atomic mass is 19.4. The maximum absolute atomic E-state index is 13.4. The minimum absolute atomic E-state index is 0.125. The second-order valence-corrected chi connectivity index (χ2v) is 7.48. The number of piperidine rings is 1. The molecule has 28 heavy (non-hydrogen) atoms. The summed E-state index contributed by atoms with van der Waals surface area (Å²) in [5.41, 5.74) is -1.83. The van der Waals surface area contributed by atoms with E-state index in [0.717, 1.165) is 12.1 Å². The van der Waals surface area contributed by atoms with Crippen LogP contribution in [-0.4, -0.2) is 42.5 Å². The summed E-state index contributed by atoms with van der Waals surface area (Å²) >= 11 is 0. The van der Waals surface area contributed by atoms with Crippen LogP contribution >= 0.6 is 0 Å². The van der Waals surface area contributed by atoms with E-state index < -0.39 is 35.5 Å². The molecular formula is C19H16F3NO5. The number of esters is 1. The van der Waals surface area contributed by atoms with Crippen LogP contribution < -0.4 is 4.90 Å². The molecule has 148 valence electrons. The Labute approximate surface area is 157 Å². The van der Waals surface area contributed by atoms with Crippen LogP contribution in [0.2, 0.25) is 0 Å². The molecule has 1 amide bonds. The number of hydrogen-bond acceptors (Lipinski definition) is 5. The van der Waals surface area contributed by atoms with Crippen LogP contribution in [0.15, 0.2) is 36.4 Å². The summed E-state index contributed by atoms with van der Waals surface area (Å²) in [4.78, 5) is 25.9. The van der Waals surface area contributed by atoms with Gasteiger partial charge in [0.25, 0.3) is 0 Å². The minimum Gasteiger partial charge on any atom is -0.462 e. The number of halogens is 3. The topological polar surface area (TPSA) is 68.4 Å². The first kappa shape index (κ1) is 17.7. The number of ether oxygens (including phenoxy) is 3. The molecule has 1 aromatic carbocycles. The van der Waals surface area contributed by atoms with Gasteiger partial charge < -0.3 is 14.2 Å². The second kappa shape index (κ2) is 5.57. The maximum atomic E-state index is 13.4. The van der Waals surface area contributed by atoms with Crippen molar-refractivity contribution in [2.45, 2.75) is 37.1 Å². The van der Waals surface area contributed by atoms with Gasteiger partial charge in [0.15, 0.2) is 6.23 Å². The van der Waals surface area contributed by atoms with E-state index in [4.69, 9.17) is 14.2 Å². The Morgan fingerprint density at radius 1 is 1.36 bits per heavy atom. The van der Waals surface area contributed by atoms with E-state index in [9.17, 15) is 22.8 Å². The van der Waals surface area contributed by atoms with E-state index in [0.29, 0.717) is 0 Å². The number of carbonyl (C=O) groups is 2. The molecule has 6 atom stereocenters. The molecule has 4 aliphatic rings. The zero-order chi connectivity index (χ0) is 19.8. The Morgan fingerprint density at radius 2 is 2.14 bits per heavy atom. The second-order valence-electron chi connectivity index (χ2n) is 7.48. The fourth-order valence-corrected chi connectivity index (χ4v) is 4.61. The number of nitrogens with zero attached hydrogens (tertiary/aromatic N) is 1. The van der Waals surface area contributed by atoms with Gasteiger partial charge in [-0.25, -0.2) is 0 Å². The molecule has 0 aliphatic carbocycles. The van der Waals surface area contributed by atoms with Crippen LogP contribution in [0.25, 0.3) is 0 Å². The van der Waals surface area contributed by atoms with E-state index in [-0.39, 0.29) is 36.3 Å². The van der Waals surface area contributed by atoms with Gasteiger partial charge in [-0.3, -0.25) is 14.5 Å². The van der Waals surface area contributed by atoms with Crippen molar-refractivity contribution in [2.24, 2.45) is 11.8 Å². The van der Waals surface area contributed by atoms with Gasteiger partial charge >= 0.3 is 12.1 Å². The quantitative estimate of drug-likeness (QED) is 0.446. The van der Waals surface area contributed by atoms with Crippen molar-refractivity contribution in [1.82, 2.24) is 0 Å². The Balaban J connectivity index is 1.50. The summed E-state index contributed by atoms with van der Waals surface area (Å²) in [6.45, 7) is 1.13. The number of fused-ring (bicyclic) bond motifs is 7. The van der Waals surface area contributed by atoms with Gasteiger partial charge in [0, 0.05) is 18.5 Å². The Bertz CT molecular complexity index is 900. The first-order valence-electron chi connectivity index (χ1n) is 8.88. The fraction of sp³-hybridized carbons (Fsp3) is 0.474. The number of amides is 1. The van der Waals surface area contributed by atoms with Crippen molar-refractivity contribution < 1.29 is 37.0 Å². The molecule has 3 saturated heterocycles. The zero-order valence-corrected chi connectivity index (χ0v) is 14.7. The fourth-order valence-electron chi connectivity index (χ4n) is 4.61. The van der Waals surface area contributed by atoms with Crippen LogP contribution in [0.5, 0.6) is 0 Å². The van der Waals surface area contributed by atoms with Crippen LogP contribution in [0.1, 0.15) is 12.5 Å². The SMILES string of the molecule is CC(=O)OCC12C=CC(O1)[C@@H]1C3OC3N(c3cccc(C(F)(F)F)c3)C(=O)[C@@H]12. The average molecular weight is 395 g/mol. The van der Waals surface area contributed by atoms with Gasteiger partial charge in [-0.1, -0.05) is 18.2 Å². The number of alkyl halides is 3. The summed E-state index contributed by atoms with van der Waals surface area (Å²) in [5, 5.41) is 0. The minimum atomic E-state index is -4.52. The Hall–Kier alpha value is -2.39. The van der Waals surface area contributed by atoms with Crippen LogP contribution in [0.4, 0.5) is 18.9 Å². The highest BCUT2D eigenvalue weighted by Gasteiger charge is 2.72. The number of rotatable bonds is 3. The van der Waals surface area contributed by atoms with Crippen LogP contribution in [-0.2, 0) is 30.0 Å². The summed E-state index contributed by atoms with van der Waals surface area (Å²) in [6.07, 6.45) is -2.26. The predicted molar refractivity (Wildman–Crippen MR) is 87.9 cm³/mol. The van der Waals surface area contributed by atoms with Gasteiger partial charge in [0.2, 0.25) is 5.91 Å². The standard InChI is InChI=1S/C19H16F3NO5/c1-9(24)26-8-18-6-5-12(28-18)13-14(18)16(25)23(17-15(13)27-17)11-4-2-3-10(7-11)19(20,21)22/h2-7,12-15,17H,8H2,1H3/t12?,13-,14+,15?,17?,18?/m0/s1. The van der Waals surface area contributed by atoms with Gasteiger partial charge in [-0.15, -0.1) is 0 Å². The Morgan fingerprint density at radius 3 is 2.86 bits per heavy atom. The predicted octanol–water partition coefficient (Wildman–Crippen LogP) is 2.28. The molecule has 4 heterocycles. The first-order chi connectivity index (χ1) is 13.2. The molecule has 0 spiro atoms. The highest BCUT2D eigenvalue weighted by Crippen LogP contribution is 2.58. The van der Waals surface area contributed by atoms with Gasteiger partial charge in [0.1, 0.15) is 18.3 Å². The molecule has 3 fully saturated rings. The molecule has 2 bridgehead atoms.